The Morgan fingerprint density at radius 3 is 2.29 bits per heavy atom. The van der Waals surface area contributed by atoms with E-state index in [0.29, 0.717) is 30.0 Å². The van der Waals surface area contributed by atoms with Crippen molar-refractivity contribution in [2.24, 2.45) is 0 Å². The molecule has 0 spiro atoms. The second-order valence-electron chi connectivity index (χ2n) is 8.13. The average molecular weight is 485 g/mol. The van der Waals surface area contributed by atoms with Gasteiger partial charge >= 0.3 is 0 Å². The lowest BCUT2D eigenvalue weighted by Gasteiger charge is -2.18. The summed E-state index contributed by atoms with van der Waals surface area (Å²) in [6.07, 6.45) is 5.57. The number of aromatic nitrogens is 1. The van der Waals surface area contributed by atoms with Crippen molar-refractivity contribution in [1.29, 1.82) is 0 Å². The first kappa shape index (κ1) is 25.3. The molecule has 0 saturated heterocycles. The minimum atomic E-state index is -0.754. The van der Waals surface area contributed by atoms with Crippen molar-refractivity contribution in [1.82, 2.24) is 15.8 Å². The minimum absolute atomic E-state index is 0.204. The fourth-order valence-electron chi connectivity index (χ4n) is 3.74. The number of hydrogen-bond donors (Lipinski definition) is 5. The van der Waals surface area contributed by atoms with Gasteiger partial charge in [-0.15, -0.1) is 0 Å². The SMILES string of the molecule is O=C(CCCCCCC(=O)NC(Cc1c[nH]c2ccccc12)C(=O)Nc1ccc(Cl)cc1)NO. The van der Waals surface area contributed by atoms with Crippen LogP contribution < -0.4 is 16.1 Å². The van der Waals surface area contributed by atoms with E-state index in [1.54, 1.807) is 29.7 Å². The molecule has 8 nitrogen and oxygen atoms in total. The standard InChI is InChI=1S/C25H29ClN4O4/c26-18-11-13-19(14-12-18)28-25(33)22(15-17-16-27-21-8-6-5-7-20(17)21)29-23(31)9-3-1-2-4-10-24(32)30-34/h5-8,11-14,16,22,27,34H,1-4,9-10,15H2,(H,28,33)(H,29,31)(H,30,32). The van der Waals surface area contributed by atoms with Crippen LogP contribution in [0.25, 0.3) is 10.9 Å². The minimum Gasteiger partial charge on any atom is -0.361 e. The normalized spacial score (nSPS) is 11.7. The summed E-state index contributed by atoms with van der Waals surface area (Å²) < 4.78 is 0. The van der Waals surface area contributed by atoms with E-state index in [9.17, 15) is 14.4 Å². The number of carbonyl (C=O) groups excluding carboxylic acids is 3. The molecule has 1 heterocycles. The molecule has 2 aromatic carbocycles. The summed E-state index contributed by atoms with van der Waals surface area (Å²) in [5.74, 6) is -0.926. The van der Waals surface area contributed by atoms with E-state index in [1.165, 1.54) is 0 Å². The highest BCUT2D eigenvalue weighted by atomic mass is 35.5. The molecule has 1 atom stereocenters. The lowest BCUT2D eigenvalue weighted by Crippen LogP contribution is -2.45. The third kappa shape index (κ3) is 7.60. The van der Waals surface area contributed by atoms with Crippen LogP contribution >= 0.6 is 11.6 Å². The van der Waals surface area contributed by atoms with Crippen LogP contribution in [0.15, 0.2) is 54.7 Å². The average Bonchev–Trinajstić information content (AvgIpc) is 3.25. The lowest BCUT2D eigenvalue weighted by molar-refractivity contribution is -0.129. The van der Waals surface area contributed by atoms with Gasteiger partial charge < -0.3 is 15.6 Å². The molecular weight excluding hydrogens is 456 g/mol. The number of anilines is 1. The molecule has 34 heavy (non-hydrogen) atoms. The number of nitrogens with one attached hydrogen (secondary N) is 4. The zero-order chi connectivity index (χ0) is 24.3. The number of halogens is 1. The number of amides is 3. The van der Waals surface area contributed by atoms with Crippen LogP contribution in [0.5, 0.6) is 0 Å². The van der Waals surface area contributed by atoms with Gasteiger partial charge in [0.25, 0.3) is 0 Å². The van der Waals surface area contributed by atoms with Gasteiger partial charge in [0.05, 0.1) is 0 Å². The highest BCUT2D eigenvalue weighted by Crippen LogP contribution is 2.20. The Kier molecular flexibility index (Phi) is 9.49. The number of H-pyrrole nitrogens is 1. The van der Waals surface area contributed by atoms with Crippen LogP contribution in [0.2, 0.25) is 5.02 Å². The van der Waals surface area contributed by atoms with Crippen LogP contribution in [0.1, 0.15) is 44.1 Å². The summed E-state index contributed by atoms with van der Waals surface area (Å²) in [5.41, 5.74) is 4.11. The molecule has 180 valence electrons. The van der Waals surface area contributed by atoms with E-state index >= 15 is 0 Å². The van der Waals surface area contributed by atoms with E-state index in [0.717, 1.165) is 29.3 Å². The molecule has 1 unspecified atom stereocenters. The number of hydroxylamine groups is 1. The molecule has 3 amide bonds. The van der Waals surface area contributed by atoms with Gasteiger partial charge in [0.15, 0.2) is 0 Å². The predicted octanol–water partition coefficient (Wildman–Crippen LogP) is 4.33. The Balaban J connectivity index is 1.60. The first-order chi connectivity index (χ1) is 16.5. The van der Waals surface area contributed by atoms with E-state index < -0.39 is 11.9 Å². The maximum atomic E-state index is 13.1. The van der Waals surface area contributed by atoms with Gasteiger partial charge in [-0.2, -0.15) is 0 Å². The molecule has 0 radical (unpaired) electrons. The van der Waals surface area contributed by atoms with Gasteiger partial charge in [-0.25, -0.2) is 5.48 Å². The summed E-state index contributed by atoms with van der Waals surface area (Å²) in [4.78, 5) is 39.9. The third-order valence-corrected chi connectivity index (χ3v) is 5.80. The van der Waals surface area contributed by atoms with Crippen molar-refractivity contribution in [3.05, 3.63) is 65.3 Å². The summed E-state index contributed by atoms with van der Waals surface area (Å²) in [6.45, 7) is 0. The molecule has 0 aliphatic carbocycles. The topological polar surface area (TPSA) is 123 Å². The van der Waals surface area contributed by atoms with Gasteiger partial charge in [0, 0.05) is 47.1 Å². The maximum Gasteiger partial charge on any atom is 0.247 e. The smallest absolute Gasteiger partial charge is 0.247 e. The monoisotopic (exact) mass is 484 g/mol. The quantitative estimate of drug-likeness (QED) is 0.149. The molecule has 0 bridgehead atoms. The molecule has 3 aromatic rings. The summed E-state index contributed by atoms with van der Waals surface area (Å²) >= 11 is 5.93. The van der Waals surface area contributed by atoms with E-state index in [2.05, 4.69) is 15.6 Å². The molecule has 1 aromatic heterocycles. The first-order valence-electron chi connectivity index (χ1n) is 11.3. The number of rotatable bonds is 12. The third-order valence-electron chi connectivity index (χ3n) is 5.54. The number of unbranched alkanes of at least 4 members (excludes halogenated alkanes) is 3. The van der Waals surface area contributed by atoms with Crippen LogP contribution in [0.4, 0.5) is 5.69 Å². The van der Waals surface area contributed by atoms with E-state index in [4.69, 9.17) is 16.8 Å². The maximum absolute atomic E-state index is 13.1. The number of fused-ring (bicyclic) bond motifs is 1. The Hall–Kier alpha value is -3.36. The predicted molar refractivity (Wildman–Crippen MR) is 132 cm³/mol. The second kappa shape index (κ2) is 12.8. The zero-order valence-corrected chi connectivity index (χ0v) is 19.5. The number of hydrogen-bond acceptors (Lipinski definition) is 4. The number of aromatic amines is 1. The van der Waals surface area contributed by atoms with Crippen molar-refractivity contribution in [2.45, 2.75) is 51.0 Å². The Morgan fingerprint density at radius 2 is 1.59 bits per heavy atom. The second-order valence-corrected chi connectivity index (χ2v) is 8.57. The van der Waals surface area contributed by atoms with Gasteiger partial charge in [0.2, 0.25) is 17.7 Å². The summed E-state index contributed by atoms with van der Waals surface area (Å²) in [5, 5.41) is 15.8. The van der Waals surface area contributed by atoms with Gasteiger partial charge in [-0.05, 0) is 48.7 Å². The largest absolute Gasteiger partial charge is 0.361 e. The van der Waals surface area contributed by atoms with Gasteiger partial charge in [-0.1, -0.05) is 42.6 Å². The number of carbonyl (C=O) groups is 3. The van der Waals surface area contributed by atoms with Crippen molar-refractivity contribution < 1.29 is 19.6 Å². The Bertz CT molecular complexity index is 1110. The number of para-hydroxylation sites is 1. The lowest BCUT2D eigenvalue weighted by atomic mass is 10.0. The summed E-state index contributed by atoms with van der Waals surface area (Å²) in [7, 11) is 0. The molecule has 0 aliphatic rings. The molecule has 0 aliphatic heterocycles. The fraction of sp³-hybridized carbons (Fsp3) is 0.320. The van der Waals surface area contributed by atoms with Crippen LogP contribution in [-0.4, -0.2) is 34.0 Å². The molecule has 0 fully saturated rings. The highest BCUT2D eigenvalue weighted by molar-refractivity contribution is 6.30. The molecule has 0 saturated carbocycles. The van der Waals surface area contributed by atoms with Crippen molar-refractivity contribution in [2.75, 3.05) is 5.32 Å². The van der Waals surface area contributed by atoms with Gasteiger partial charge in [-0.3, -0.25) is 19.6 Å². The van der Waals surface area contributed by atoms with Crippen LogP contribution in [0.3, 0.4) is 0 Å². The fourth-order valence-corrected chi connectivity index (χ4v) is 3.87. The van der Waals surface area contributed by atoms with E-state index in [1.807, 2.05) is 30.5 Å². The molecule has 3 rings (SSSR count). The van der Waals surface area contributed by atoms with Crippen molar-refractivity contribution in [3.63, 3.8) is 0 Å². The van der Waals surface area contributed by atoms with Crippen LogP contribution in [-0.2, 0) is 20.8 Å². The first-order valence-corrected chi connectivity index (χ1v) is 11.7. The van der Waals surface area contributed by atoms with Gasteiger partial charge in [0.1, 0.15) is 6.04 Å². The Morgan fingerprint density at radius 1 is 0.912 bits per heavy atom. The van der Waals surface area contributed by atoms with Crippen molar-refractivity contribution >= 4 is 45.9 Å². The molecule has 9 heteroatoms. The summed E-state index contributed by atoms with van der Waals surface area (Å²) in [6, 6.07) is 13.9. The molecular formula is C25H29ClN4O4. The Labute approximate surface area is 203 Å². The highest BCUT2D eigenvalue weighted by Gasteiger charge is 2.22. The zero-order valence-electron chi connectivity index (χ0n) is 18.8. The van der Waals surface area contributed by atoms with E-state index in [-0.39, 0.29) is 24.7 Å². The molecule has 5 N–H and O–H groups in total. The van der Waals surface area contributed by atoms with Crippen LogP contribution in [0, 0.1) is 0 Å². The number of benzene rings is 2. The van der Waals surface area contributed by atoms with Crippen molar-refractivity contribution in [3.8, 4) is 0 Å².